The summed E-state index contributed by atoms with van der Waals surface area (Å²) >= 11 is 0. The summed E-state index contributed by atoms with van der Waals surface area (Å²) in [6, 6.07) is 15.1. The summed E-state index contributed by atoms with van der Waals surface area (Å²) in [5.74, 6) is 0.425. The number of phenolic OH excluding ortho intramolecular Hbond substituents is 1. The monoisotopic (exact) mass is 406 g/mol. The molecule has 2 aromatic carbocycles. The van der Waals surface area contributed by atoms with Crippen molar-refractivity contribution in [2.75, 3.05) is 11.6 Å². The van der Waals surface area contributed by atoms with E-state index in [1.54, 1.807) is 55.0 Å². The zero-order chi connectivity index (χ0) is 20.4. The Morgan fingerprint density at radius 2 is 1.59 bits per heavy atom. The molecule has 0 amide bonds. The second-order valence-electron chi connectivity index (χ2n) is 6.57. The van der Waals surface area contributed by atoms with E-state index in [9.17, 15) is 13.5 Å². The Bertz CT molecular complexity index is 1260. The summed E-state index contributed by atoms with van der Waals surface area (Å²) in [4.78, 5) is 12.9. The molecule has 29 heavy (non-hydrogen) atoms. The number of rotatable bonds is 5. The highest BCUT2D eigenvalue weighted by molar-refractivity contribution is 7.90. The normalized spacial score (nSPS) is 12.6. The summed E-state index contributed by atoms with van der Waals surface area (Å²) < 4.78 is 23.6. The molecule has 0 spiro atoms. The van der Waals surface area contributed by atoms with Crippen LogP contribution in [-0.4, -0.2) is 34.7 Å². The van der Waals surface area contributed by atoms with Crippen molar-refractivity contribution >= 4 is 26.7 Å². The highest BCUT2D eigenvalue weighted by Gasteiger charge is 2.21. The Hall–Kier alpha value is -3.52. The molecule has 0 bridgehead atoms. The molecule has 0 aliphatic carbocycles. The van der Waals surface area contributed by atoms with E-state index >= 15 is 0 Å². The maximum absolute atomic E-state index is 11.8. The summed E-state index contributed by atoms with van der Waals surface area (Å²) in [6.45, 7) is 0. The minimum absolute atomic E-state index is 0.0451. The lowest BCUT2D eigenvalue weighted by Gasteiger charge is -2.21. The lowest BCUT2D eigenvalue weighted by atomic mass is 9.96. The predicted octanol–water partition coefficient (Wildman–Crippen LogP) is 3.34. The number of phenols is 1. The molecule has 1 unspecified atom stereocenters. The van der Waals surface area contributed by atoms with Gasteiger partial charge in [0.1, 0.15) is 11.3 Å². The highest BCUT2D eigenvalue weighted by atomic mass is 32.2. The number of fused-ring (bicyclic) bond motifs is 1. The Morgan fingerprint density at radius 3 is 2.28 bits per heavy atom. The van der Waals surface area contributed by atoms with Crippen LogP contribution in [0.2, 0.25) is 0 Å². The highest BCUT2D eigenvalue weighted by Crippen LogP contribution is 2.36. The fraction of sp³-hybridized carbons (Fsp3) is 0.0952. The molecule has 1 atom stereocenters. The van der Waals surface area contributed by atoms with E-state index in [0.29, 0.717) is 17.0 Å². The van der Waals surface area contributed by atoms with Gasteiger partial charge in [0.05, 0.1) is 10.9 Å². The molecular weight excluding hydrogens is 388 g/mol. The number of nitrogens with zero attached hydrogens (tertiary/aromatic N) is 3. The molecule has 0 saturated carbocycles. The molecule has 0 fully saturated rings. The van der Waals surface area contributed by atoms with Crippen LogP contribution in [0, 0.1) is 0 Å². The number of anilines is 1. The molecule has 2 heterocycles. The van der Waals surface area contributed by atoms with E-state index in [1.807, 2.05) is 18.2 Å². The summed E-state index contributed by atoms with van der Waals surface area (Å²) in [7, 11) is -3.31. The first kappa shape index (κ1) is 18.8. The van der Waals surface area contributed by atoms with Gasteiger partial charge in [-0.1, -0.05) is 30.3 Å². The molecule has 0 radical (unpaired) electrons. The molecular formula is C21H18N4O3S. The average Bonchev–Trinajstić information content (AvgIpc) is 2.73. The molecule has 8 heteroatoms. The number of pyridine rings is 1. The van der Waals surface area contributed by atoms with E-state index in [0.717, 1.165) is 17.2 Å². The number of aromatic nitrogens is 3. The molecule has 7 nitrogen and oxygen atoms in total. The van der Waals surface area contributed by atoms with E-state index in [2.05, 4.69) is 20.3 Å². The van der Waals surface area contributed by atoms with E-state index in [-0.39, 0.29) is 10.6 Å². The van der Waals surface area contributed by atoms with Gasteiger partial charge >= 0.3 is 0 Å². The number of sulfone groups is 1. The van der Waals surface area contributed by atoms with E-state index in [4.69, 9.17) is 0 Å². The van der Waals surface area contributed by atoms with Crippen LogP contribution >= 0.6 is 0 Å². The Labute approximate surface area is 168 Å². The summed E-state index contributed by atoms with van der Waals surface area (Å²) in [5.41, 5.74) is 1.81. The Kier molecular flexibility index (Phi) is 4.85. The number of aromatic hydroxyl groups is 1. The first-order chi connectivity index (χ1) is 13.9. The van der Waals surface area contributed by atoms with Gasteiger partial charge in [-0.2, -0.15) is 0 Å². The fourth-order valence-electron chi connectivity index (χ4n) is 3.13. The minimum Gasteiger partial charge on any atom is -0.505 e. The van der Waals surface area contributed by atoms with Gasteiger partial charge in [0.15, 0.2) is 9.84 Å². The third-order valence-electron chi connectivity index (χ3n) is 4.57. The van der Waals surface area contributed by atoms with Gasteiger partial charge in [-0.15, -0.1) is 0 Å². The van der Waals surface area contributed by atoms with Crippen LogP contribution in [0.5, 0.6) is 5.75 Å². The number of hydrogen-bond donors (Lipinski definition) is 2. The second-order valence-corrected chi connectivity index (χ2v) is 8.59. The average molecular weight is 406 g/mol. The topological polar surface area (TPSA) is 105 Å². The van der Waals surface area contributed by atoms with Crippen molar-refractivity contribution in [2.45, 2.75) is 10.9 Å². The summed E-state index contributed by atoms with van der Waals surface area (Å²) in [6.07, 6.45) is 6.01. The quantitative estimate of drug-likeness (QED) is 0.524. The first-order valence-corrected chi connectivity index (χ1v) is 10.7. The lowest BCUT2D eigenvalue weighted by molar-refractivity contribution is 0.471. The number of hydrogen-bond acceptors (Lipinski definition) is 7. The van der Waals surface area contributed by atoms with Crippen LogP contribution in [-0.2, 0) is 9.84 Å². The smallest absolute Gasteiger partial charge is 0.223 e. The molecule has 146 valence electrons. The van der Waals surface area contributed by atoms with Crippen LogP contribution in [0.15, 0.2) is 78.1 Å². The fourth-order valence-corrected chi connectivity index (χ4v) is 3.76. The number of benzene rings is 2. The van der Waals surface area contributed by atoms with Crippen molar-refractivity contribution in [3.05, 3.63) is 84.3 Å². The molecule has 0 aliphatic rings. The third-order valence-corrected chi connectivity index (χ3v) is 5.70. The largest absolute Gasteiger partial charge is 0.505 e. The standard InChI is InChI=1S/C21H18N4O3S/c1-29(27,28)16-8-5-15(6-9-16)18(25-21-23-12-3-13-24-21)17-10-7-14-4-2-11-22-19(14)20(17)26/h2-13,18,26H,1H3,(H,23,24,25). The van der Waals surface area contributed by atoms with Crippen molar-refractivity contribution in [3.63, 3.8) is 0 Å². The van der Waals surface area contributed by atoms with Gasteiger partial charge in [-0.3, -0.25) is 4.98 Å². The second kappa shape index (κ2) is 7.48. The molecule has 2 aromatic heterocycles. The van der Waals surface area contributed by atoms with Gasteiger partial charge in [-0.25, -0.2) is 18.4 Å². The molecule has 2 N–H and O–H groups in total. The van der Waals surface area contributed by atoms with E-state index < -0.39 is 15.9 Å². The predicted molar refractivity (Wildman–Crippen MR) is 110 cm³/mol. The maximum Gasteiger partial charge on any atom is 0.223 e. The van der Waals surface area contributed by atoms with Gasteiger partial charge < -0.3 is 10.4 Å². The van der Waals surface area contributed by atoms with Crippen LogP contribution in [0.25, 0.3) is 10.9 Å². The van der Waals surface area contributed by atoms with E-state index in [1.165, 1.54) is 0 Å². The van der Waals surface area contributed by atoms with Gasteiger partial charge in [0.25, 0.3) is 0 Å². The maximum atomic E-state index is 11.8. The molecule has 4 rings (SSSR count). The van der Waals surface area contributed by atoms with Gasteiger partial charge in [-0.05, 0) is 29.8 Å². The van der Waals surface area contributed by atoms with Crippen LogP contribution in [0.1, 0.15) is 17.2 Å². The Balaban J connectivity index is 1.84. The van der Waals surface area contributed by atoms with Crippen LogP contribution < -0.4 is 5.32 Å². The zero-order valence-electron chi connectivity index (χ0n) is 15.5. The summed E-state index contributed by atoms with van der Waals surface area (Å²) in [5, 5.41) is 14.9. The first-order valence-electron chi connectivity index (χ1n) is 8.83. The number of nitrogens with one attached hydrogen (secondary N) is 1. The van der Waals surface area contributed by atoms with Crippen molar-refractivity contribution < 1.29 is 13.5 Å². The van der Waals surface area contributed by atoms with Crippen LogP contribution in [0.4, 0.5) is 5.95 Å². The van der Waals surface area contributed by atoms with Gasteiger partial charge in [0.2, 0.25) is 5.95 Å². The van der Waals surface area contributed by atoms with Crippen molar-refractivity contribution in [1.82, 2.24) is 15.0 Å². The minimum atomic E-state index is -3.31. The molecule has 0 saturated heterocycles. The van der Waals surface area contributed by atoms with Crippen molar-refractivity contribution in [2.24, 2.45) is 0 Å². The van der Waals surface area contributed by atoms with Gasteiger partial charge in [0, 0.05) is 35.8 Å². The Morgan fingerprint density at radius 1 is 0.897 bits per heavy atom. The van der Waals surface area contributed by atoms with Crippen molar-refractivity contribution in [3.8, 4) is 5.75 Å². The SMILES string of the molecule is CS(=O)(=O)c1ccc(C(Nc2ncccn2)c2ccc3cccnc3c2O)cc1. The van der Waals surface area contributed by atoms with Crippen molar-refractivity contribution in [1.29, 1.82) is 0 Å². The zero-order valence-corrected chi connectivity index (χ0v) is 16.3. The lowest BCUT2D eigenvalue weighted by Crippen LogP contribution is -2.15. The molecule has 0 aliphatic heterocycles. The van der Waals surface area contributed by atoms with Crippen LogP contribution in [0.3, 0.4) is 0 Å². The molecule has 4 aromatic rings. The third kappa shape index (κ3) is 3.88.